The van der Waals surface area contributed by atoms with Gasteiger partial charge in [0.15, 0.2) is 0 Å². The summed E-state index contributed by atoms with van der Waals surface area (Å²) in [6.07, 6.45) is 6.46. The molecule has 1 aliphatic heterocycles. The third-order valence-corrected chi connectivity index (χ3v) is 5.57. The number of ether oxygens (including phenoxy) is 1. The molecular formula is C23H25N5O3. The minimum absolute atomic E-state index is 0.0303. The number of hydrogen-bond donors (Lipinski definition) is 1. The molecule has 2 N–H and O–H groups in total. The first-order chi connectivity index (χ1) is 15.0. The number of carbonyl (C=O) groups excluding carboxylic acids is 2. The average molecular weight is 419 g/mol. The maximum atomic E-state index is 13.7. The van der Waals surface area contributed by atoms with Crippen LogP contribution in [0.4, 0.5) is 0 Å². The quantitative estimate of drug-likeness (QED) is 0.683. The zero-order valence-electron chi connectivity index (χ0n) is 17.6. The van der Waals surface area contributed by atoms with Gasteiger partial charge in [-0.2, -0.15) is 5.10 Å². The number of hydrogen-bond acceptors (Lipinski definition) is 5. The second kappa shape index (κ2) is 8.59. The van der Waals surface area contributed by atoms with Gasteiger partial charge in [-0.3, -0.25) is 14.6 Å². The molecule has 2 amide bonds. The Labute approximate surface area is 180 Å². The number of amides is 2. The molecule has 31 heavy (non-hydrogen) atoms. The van der Waals surface area contributed by atoms with Crippen molar-refractivity contribution in [1.29, 1.82) is 0 Å². The highest BCUT2D eigenvalue weighted by molar-refractivity contribution is 5.98. The van der Waals surface area contributed by atoms with Gasteiger partial charge in [0.05, 0.1) is 11.7 Å². The molecule has 0 radical (unpaired) electrons. The number of likely N-dealkylation sites (tertiary alicyclic amines) is 1. The van der Waals surface area contributed by atoms with E-state index < -0.39 is 5.91 Å². The Bertz CT molecular complexity index is 1090. The lowest BCUT2D eigenvalue weighted by Crippen LogP contribution is -2.38. The second-order valence-electron chi connectivity index (χ2n) is 7.68. The molecule has 0 saturated carbocycles. The van der Waals surface area contributed by atoms with Gasteiger partial charge in [-0.25, -0.2) is 4.68 Å². The predicted molar refractivity (Wildman–Crippen MR) is 115 cm³/mol. The van der Waals surface area contributed by atoms with E-state index in [2.05, 4.69) is 10.1 Å². The van der Waals surface area contributed by atoms with Crippen LogP contribution in [0.15, 0.2) is 48.8 Å². The minimum Gasteiger partial charge on any atom is -0.438 e. The van der Waals surface area contributed by atoms with Crippen LogP contribution in [0, 0.1) is 6.92 Å². The first-order valence-electron chi connectivity index (χ1n) is 10.3. The van der Waals surface area contributed by atoms with Crippen LogP contribution in [0.3, 0.4) is 0 Å². The summed E-state index contributed by atoms with van der Waals surface area (Å²) in [7, 11) is 1.74. The molecule has 8 heteroatoms. The zero-order valence-corrected chi connectivity index (χ0v) is 17.6. The Morgan fingerprint density at radius 2 is 1.94 bits per heavy atom. The van der Waals surface area contributed by atoms with Crippen molar-refractivity contribution >= 4 is 11.8 Å². The average Bonchev–Trinajstić information content (AvgIpc) is 3.07. The van der Waals surface area contributed by atoms with Gasteiger partial charge in [0.2, 0.25) is 11.8 Å². The molecule has 0 spiro atoms. The van der Waals surface area contributed by atoms with Crippen LogP contribution >= 0.6 is 0 Å². The number of piperidine rings is 1. The van der Waals surface area contributed by atoms with Gasteiger partial charge in [0.1, 0.15) is 11.3 Å². The molecule has 1 unspecified atom stereocenters. The predicted octanol–water partition coefficient (Wildman–Crippen LogP) is 3.38. The van der Waals surface area contributed by atoms with Gasteiger partial charge in [0, 0.05) is 31.5 Å². The molecule has 1 atom stereocenters. The lowest BCUT2D eigenvalue weighted by molar-refractivity contribution is 0.0607. The first-order valence-corrected chi connectivity index (χ1v) is 10.3. The topological polar surface area (TPSA) is 103 Å². The summed E-state index contributed by atoms with van der Waals surface area (Å²) in [5, 5.41) is 4.42. The third kappa shape index (κ3) is 4.14. The van der Waals surface area contributed by atoms with Crippen LogP contribution in [0.1, 0.15) is 57.3 Å². The highest BCUT2D eigenvalue weighted by Gasteiger charge is 2.33. The van der Waals surface area contributed by atoms with Crippen LogP contribution < -0.4 is 10.5 Å². The maximum Gasteiger partial charge on any atom is 0.261 e. The number of carbonyl (C=O) groups is 2. The number of nitrogens with zero attached hydrogens (tertiary/aromatic N) is 4. The first kappa shape index (κ1) is 20.6. The van der Waals surface area contributed by atoms with Crippen molar-refractivity contribution in [2.45, 2.75) is 32.2 Å². The summed E-state index contributed by atoms with van der Waals surface area (Å²) in [4.78, 5) is 31.1. The number of benzene rings is 1. The summed E-state index contributed by atoms with van der Waals surface area (Å²) in [5.74, 6) is 0.239. The molecule has 0 bridgehead atoms. The molecule has 160 valence electrons. The van der Waals surface area contributed by atoms with Crippen LogP contribution in [0.2, 0.25) is 0 Å². The molecule has 1 aromatic carbocycles. The Balaban J connectivity index is 1.66. The van der Waals surface area contributed by atoms with Crippen molar-refractivity contribution in [1.82, 2.24) is 19.7 Å². The smallest absolute Gasteiger partial charge is 0.261 e. The summed E-state index contributed by atoms with van der Waals surface area (Å²) in [6, 6.07) is 10.4. The number of primary amides is 1. The highest BCUT2D eigenvalue weighted by atomic mass is 16.5. The van der Waals surface area contributed by atoms with E-state index in [0.29, 0.717) is 35.0 Å². The number of pyridine rings is 1. The normalized spacial score (nSPS) is 16.2. The monoisotopic (exact) mass is 419 g/mol. The van der Waals surface area contributed by atoms with Gasteiger partial charge >= 0.3 is 0 Å². The van der Waals surface area contributed by atoms with Crippen LogP contribution in [-0.2, 0) is 7.05 Å². The number of rotatable bonds is 5. The number of nitrogens with two attached hydrogens (primary N) is 1. The Kier molecular flexibility index (Phi) is 5.70. The summed E-state index contributed by atoms with van der Waals surface area (Å²) in [6.45, 7) is 2.47. The molecule has 8 nitrogen and oxygen atoms in total. The maximum absolute atomic E-state index is 13.7. The van der Waals surface area contributed by atoms with E-state index in [1.54, 1.807) is 49.1 Å². The minimum atomic E-state index is -0.509. The van der Waals surface area contributed by atoms with Gasteiger partial charge in [-0.15, -0.1) is 0 Å². The van der Waals surface area contributed by atoms with Crippen molar-refractivity contribution in [2.75, 3.05) is 6.54 Å². The van der Waals surface area contributed by atoms with E-state index >= 15 is 0 Å². The Morgan fingerprint density at radius 3 is 2.61 bits per heavy atom. The summed E-state index contributed by atoms with van der Waals surface area (Å²) < 4.78 is 7.60. The lowest BCUT2D eigenvalue weighted by atomic mass is 9.95. The fraction of sp³-hybridized carbons (Fsp3) is 0.304. The van der Waals surface area contributed by atoms with E-state index in [0.717, 1.165) is 24.8 Å². The van der Waals surface area contributed by atoms with Crippen LogP contribution in [0.25, 0.3) is 0 Å². The van der Waals surface area contributed by atoms with Gasteiger partial charge in [-0.1, -0.05) is 6.07 Å². The van der Waals surface area contributed by atoms with E-state index in [1.807, 2.05) is 23.2 Å². The van der Waals surface area contributed by atoms with E-state index in [9.17, 15) is 9.59 Å². The zero-order chi connectivity index (χ0) is 22.0. The van der Waals surface area contributed by atoms with Crippen molar-refractivity contribution in [2.24, 2.45) is 12.8 Å². The molecule has 2 aromatic heterocycles. The summed E-state index contributed by atoms with van der Waals surface area (Å²) in [5.41, 5.74) is 7.76. The molecule has 1 aliphatic rings. The third-order valence-electron chi connectivity index (χ3n) is 5.57. The Hall–Kier alpha value is -3.68. The van der Waals surface area contributed by atoms with Gasteiger partial charge in [0.25, 0.3) is 5.91 Å². The van der Waals surface area contributed by atoms with Crippen LogP contribution in [-0.4, -0.2) is 38.0 Å². The molecule has 1 fully saturated rings. The fourth-order valence-electron chi connectivity index (χ4n) is 4.04. The van der Waals surface area contributed by atoms with Crippen LogP contribution in [0.5, 0.6) is 11.6 Å². The molecule has 3 heterocycles. The van der Waals surface area contributed by atoms with Gasteiger partial charge < -0.3 is 15.4 Å². The fourth-order valence-corrected chi connectivity index (χ4v) is 4.04. The van der Waals surface area contributed by atoms with Crippen molar-refractivity contribution in [3.63, 3.8) is 0 Å². The number of aryl methyl sites for hydroxylation is 2. The SMILES string of the molecule is Cc1nn(C)c(Oc2ccc(C(N)=O)cc2)c1C(=O)N1CCCCC1c1cccnc1. The molecule has 3 aromatic rings. The van der Waals surface area contributed by atoms with Crippen molar-refractivity contribution in [3.05, 3.63) is 71.2 Å². The summed E-state index contributed by atoms with van der Waals surface area (Å²) >= 11 is 0. The Morgan fingerprint density at radius 1 is 1.16 bits per heavy atom. The van der Waals surface area contributed by atoms with Gasteiger partial charge in [-0.05, 0) is 62.1 Å². The molecule has 1 saturated heterocycles. The van der Waals surface area contributed by atoms with E-state index in [4.69, 9.17) is 10.5 Å². The van der Waals surface area contributed by atoms with Crippen molar-refractivity contribution in [3.8, 4) is 11.6 Å². The molecule has 4 rings (SSSR count). The lowest BCUT2D eigenvalue weighted by Gasteiger charge is -2.36. The highest BCUT2D eigenvalue weighted by Crippen LogP contribution is 2.35. The molecule has 0 aliphatic carbocycles. The van der Waals surface area contributed by atoms with E-state index in [-0.39, 0.29) is 11.9 Å². The second-order valence-corrected chi connectivity index (χ2v) is 7.68. The van der Waals surface area contributed by atoms with Crippen molar-refractivity contribution < 1.29 is 14.3 Å². The standard InChI is InChI=1S/C23H25N5O3/c1-15-20(22(30)28-13-4-3-7-19(28)17-6-5-12-25-14-17)23(27(2)26-15)31-18-10-8-16(9-11-18)21(24)29/h5-6,8-12,14,19H,3-4,7,13H2,1-2H3,(H2,24,29). The molecular weight excluding hydrogens is 394 g/mol. The largest absolute Gasteiger partial charge is 0.438 e. The number of aromatic nitrogens is 3. The van der Waals surface area contributed by atoms with E-state index in [1.165, 1.54) is 0 Å².